The number of esters is 3. The topological polar surface area (TPSA) is 241 Å². The first-order valence-corrected chi connectivity index (χ1v) is 23.1. The van der Waals surface area contributed by atoms with Crippen molar-refractivity contribution in [3.63, 3.8) is 0 Å². The number of carboxylic acids is 1. The Morgan fingerprint density at radius 2 is 1.10 bits per heavy atom. The standard InChI is InChI=1S/C25H25ClN4O5.C21H19ClN4O3.C4H8O3/c1-4-34-23(32)14-35-22(31)9-8-19-25-28-13-15(2)30(25)20-12-21(33-3)17(26)11-16(20)24(29-19)18-7-5-6-10-27-18;1-12-11-24-21-16(6-7-19(27)28)25-20(15-5-3-4-8-23-15)13-9-14(22)18(29-2)10-17(13)26(12)21;1-2-7-4(6)3-5/h5-7,10-13,19H,4,8-9,14H2,1-3H3;3-5,8-11,16H,6-7H2,1-2H3,(H,27,28);5H,2-3H2,1H3/t19-;16-;/m00./s1. The molecular weight excluding hydrogens is 960 g/mol. The van der Waals surface area contributed by atoms with Gasteiger partial charge in [0.05, 0.1) is 71.7 Å². The first-order valence-electron chi connectivity index (χ1n) is 22.4. The normalized spacial score (nSPS) is 14.0. The third-order valence-electron chi connectivity index (χ3n) is 10.8. The molecule has 8 rings (SSSR count). The Morgan fingerprint density at radius 1 is 0.634 bits per heavy atom. The fourth-order valence-electron chi connectivity index (χ4n) is 7.66. The number of carboxylic acid groups (broad SMARTS) is 1. The van der Waals surface area contributed by atoms with Crippen LogP contribution in [0.1, 0.15) is 97.2 Å². The van der Waals surface area contributed by atoms with Crippen LogP contribution in [0.5, 0.6) is 11.5 Å². The van der Waals surface area contributed by atoms with Gasteiger partial charge in [-0.3, -0.25) is 38.7 Å². The number of pyridine rings is 2. The molecule has 0 fully saturated rings. The molecule has 0 spiro atoms. The van der Waals surface area contributed by atoms with Gasteiger partial charge >= 0.3 is 23.9 Å². The van der Waals surface area contributed by atoms with Crippen LogP contribution in [0.2, 0.25) is 10.0 Å². The summed E-state index contributed by atoms with van der Waals surface area (Å²) in [6.45, 7) is 6.88. The summed E-state index contributed by atoms with van der Waals surface area (Å²) in [5.74, 6) is -0.146. The van der Waals surface area contributed by atoms with E-state index in [2.05, 4.69) is 24.7 Å². The summed E-state index contributed by atoms with van der Waals surface area (Å²) in [5, 5.41) is 18.1. The molecule has 2 aromatic carbocycles. The second-order valence-corrected chi connectivity index (χ2v) is 16.3. The fourth-order valence-corrected chi connectivity index (χ4v) is 8.14. The number of benzene rings is 2. The van der Waals surface area contributed by atoms with Crippen molar-refractivity contribution in [2.24, 2.45) is 9.98 Å². The molecule has 0 aliphatic carbocycles. The largest absolute Gasteiger partial charge is 0.495 e. The van der Waals surface area contributed by atoms with E-state index in [9.17, 15) is 24.3 Å². The predicted molar refractivity (Wildman–Crippen MR) is 262 cm³/mol. The summed E-state index contributed by atoms with van der Waals surface area (Å²) in [4.78, 5) is 73.1. The number of carbonyl (C=O) groups excluding carboxylic acids is 3. The van der Waals surface area contributed by atoms with E-state index in [0.717, 1.165) is 33.9 Å². The van der Waals surface area contributed by atoms with Gasteiger partial charge in [0.25, 0.3) is 0 Å². The number of imidazole rings is 2. The summed E-state index contributed by atoms with van der Waals surface area (Å²) in [6, 6.07) is 17.6. The number of hydrogen-bond donors (Lipinski definition) is 2. The Morgan fingerprint density at radius 3 is 1.49 bits per heavy atom. The fraction of sp³-hybridized carbons (Fsp3) is 0.320. The number of aliphatic carboxylic acids is 1. The molecular formula is C50H52Cl2N8O11. The van der Waals surface area contributed by atoms with Crippen molar-refractivity contribution in [2.45, 2.75) is 65.5 Å². The van der Waals surface area contributed by atoms with Gasteiger partial charge in [-0.1, -0.05) is 35.3 Å². The Bertz CT molecular complexity index is 2920. The highest BCUT2D eigenvalue weighted by molar-refractivity contribution is 6.33. The number of aliphatic hydroxyl groups is 1. The van der Waals surface area contributed by atoms with Gasteiger partial charge in [0, 0.05) is 72.3 Å². The van der Waals surface area contributed by atoms with Crippen molar-refractivity contribution < 1.29 is 53.1 Å². The molecule has 2 N–H and O–H groups in total. The van der Waals surface area contributed by atoms with E-state index >= 15 is 0 Å². The molecule has 0 saturated heterocycles. The quantitative estimate of drug-likeness (QED) is 0.0745. The highest BCUT2D eigenvalue weighted by atomic mass is 35.5. The molecule has 2 atom stereocenters. The maximum Gasteiger partial charge on any atom is 0.344 e. The zero-order valence-corrected chi connectivity index (χ0v) is 41.3. The van der Waals surface area contributed by atoms with Crippen LogP contribution < -0.4 is 9.47 Å². The number of halogens is 2. The molecule has 2 aliphatic rings. The van der Waals surface area contributed by atoms with Crippen LogP contribution >= 0.6 is 23.2 Å². The van der Waals surface area contributed by atoms with E-state index in [1.54, 1.807) is 52.9 Å². The lowest BCUT2D eigenvalue weighted by atomic mass is 10.0. The zero-order valence-electron chi connectivity index (χ0n) is 39.8. The van der Waals surface area contributed by atoms with Crippen molar-refractivity contribution in [3.05, 3.63) is 141 Å². The average Bonchev–Trinajstić information content (AvgIpc) is 3.87. The third-order valence-corrected chi connectivity index (χ3v) is 11.4. The van der Waals surface area contributed by atoms with Crippen LogP contribution in [0.3, 0.4) is 0 Å². The van der Waals surface area contributed by atoms with Crippen LogP contribution in [-0.4, -0.2) is 115 Å². The summed E-state index contributed by atoms with van der Waals surface area (Å²) < 4.78 is 29.0. The van der Waals surface area contributed by atoms with Gasteiger partial charge in [-0.15, -0.1) is 0 Å². The van der Waals surface area contributed by atoms with E-state index < -0.39 is 49.2 Å². The summed E-state index contributed by atoms with van der Waals surface area (Å²) in [7, 11) is 3.12. The number of aliphatic imine (C=N–C) groups is 2. The van der Waals surface area contributed by atoms with Crippen molar-refractivity contribution in [2.75, 3.05) is 40.6 Å². The lowest BCUT2D eigenvalue weighted by Gasteiger charge is -2.16. The van der Waals surface area contributed by atoms with Gasteiger partial charge in [0.2, 0.25) is 0 Å². The molecule has 2 aliphatic heterocycles. The lowest BCUT2D eigenvalue weighted by Crippen LogP contribution is -2.17. The number of nitrogens with zero attached hydrogens (tertiary/aromatic N) is 8. The van der Waals surface area contributed by atoms with Gasteiger partial charge in [-0.05, 0) is 76.9 Å². The number of methoxy groups -OCH3 is 2. The molecule has 0 radical (unpaired) electrons. The second-order valence-electron chi connectivity index (χ2n) is 15.5. The van der Waals surface area contributed by atoms with Crippen LogP contribution in [0.4, 0.5) is 0 Å². The first kappa shape index (κ1) is 52.9. The predicted octanol–water partition coefficient (Wildman–Crippen LogP) is 7.55. The number of aliphatic hydroxyl groups excluding tert-OH is 1. The van der Waals surface area contributed by atoms with Crippen LogP contribution in [0.25, 0.3) is 11.4 Å². The number of aromatic nitrogens is 6. The molecule has 6 aromatic rings. The van der Waals surface area contributed by atoms with E-state index in [1.807, 2.05) is 83.6 Å². The number of carbonyl (C=O) groups is 4. The number of aryl methyl sites for hydroxylation is 2. The van der Waals surface area contributed by atoms with Gasteiger partial charge in [-0.25, -0.2) is 19.6 Å². The maximum atomic E-state index is 12.3. The maximum absolute atomic E-state index is 12.3. The van der Waals surface area contributed by atoms with Gasteiger partial charge in [0.1, 0.15) is 41.8 Å². The molecule has 0 amide bonds. The molecule has 71 heavy (non-hydrogen) atoms. The summed E-state index contributed by atoms with van der Waals surface area (Å²) in [6.07, 6.45) is 7.56. The lowest BCUT2D eigenvalue weighted by molar-refractivity contribution is -0.158. The van der Waals surface area contributed by atoms with Crippen molar-refractivity contribution in [1.29, 1.82) is 0 Å². The molecule has 6 heterocycles. The molecule has 19 nitrogen and oxygen atoms in total. The van der Waals surface area contributed by atoms with Crippen LogP contribution in [-0.2, 0) is 33.4 Å². The van der Waals surface area contributed by atoms with Gasteiger partial charge in [0.15, 0.2) is 6.61 Å². The molecule has 372 valence electrons. The number of ether oxygens (including phenoxy) is 5. The smallest absolute Gasteiger partial charge is 0.344 e. The van der Waals surface area contributed by atoms with Crippen molar-refractivity contribution in [1.82, 2.24) is 29.1 Å². The Hall–Kier alpha value is -7.48. The van der Waals surface area contributed by atoms with E-state index in [1.165, 1.54) is 0 Å². The van der Waals surface area contributed by atoms with Gasteiger partial charge in [-0.2, -0.15) is 0 Å². The average molecular weight is 1010 g/mol. The number of fused-ring (bicyclic) bond motifs is 6. The Kier molecular flexibility index (Phi) is 18.5. The second kappa shape index (κ2) is 24.9. The molecule has 0 bridgehead atoms. The minimum Gasteiger partial charge on any atom is -0.495 e. The van der Waals surface area contributed by atoms with Crippen LogP contribution in [0.15, 0.2) is 95.4 Å². The van der Waals surface area contributed by atoms with Crippen LogP contribution in [0, 0.1) is 13.8 Å². The van der Waals surface area contributed by atoms with E-state index in [0.29, 0.717) is 75.5 Å². The molecule has 21 heteroatoms. The highest BCUT2D eigenvalue weighted by Gasteiger charge is 2.31. The third kappa shape index (κ3) is 12.8. The summed E-state index contributed by atoms with van der Waals surface area (Å²) >= 11 is 13.0. The van der Waals surface area contributed by atoms with Crippen molar-refractivity contribution in [3.8, 4) is 22.9 Å². The number of rotatable bonds is 15. The zero-order chi connectivity index (χ0) is 51.2. The minimum atomic E-state index is -0.874. The van der Waals surface area contributed by atoms with E-state index in [4.69, 9.17) is 57.2 Å². The molecule has 4 aromatic heterocycles. The highest BCUT2D eigenvalue weighted by Crippen LogP contribution is 2.40. The SMILES string of the molecule is CCOC(=O)CO.CCOC(=O)COC(=O)CC[C@@H]1N=C(c2ccccn2)c2cc(Cl)c(OC)cc2-n2c(C)cnc21.COc1cc2c(cc1Cl)C(c1ccccn1)=N[C@@H](CCC(=O)O)c1ncc(C)n1-2. The Balaban J connectivity index is 0.000000208. The minimum absolute atomic E-state index is 0.0179. The van der Waals surface area contributed by atoms with E-state index in [-0.39, 0.29) is 19.4 Å². The monoisotopic (exact) mass is 1010 g/mol. The molecule has 0 saturated carbocycles. The summed E-state index contributed by atoms with van der Waals surface area (Å²) in [5.41, 5.74) is 7.57. The molecule has 0 unspecified atom stereocenters. The Labute approximate surface area is 419 Å². The van der Waals surface area contributed by atoms with Crippen molar-refractivity contribution >= 4 is 58.5 Å². The first-order chi connectivity index (χ1) is 34.2. The number of hydrogen-bond acceptors (Lipinski definition) is 16. The van der Waals surface area contributed by atoms with Gasteiger partial charge < -0.3 is 33.9 Å².